The Bertz CT molecular complexity index is 485. The lowest BCUT2D eigenvalue weighted by atomic mass is 9.99. The van der Waals surface area contributed by atoms with Gasteiger partial charge in [0.25, 0.3) is 0 Å². The fraction of sp³-hybridized carbons (Fsp3) is 0.667. The number of carbonyl (C=O) groups excluding carboxylic acids is 1. The van der Waals surface area contributed by atoms with Gasteiger partial charge in [-0.2, -0.15) is 0 Å². The minimum atomic E-state index is 0.108. The lowest BCUT2D eigenvalue weighted by molar-refractivity contribution is -0.132. The molecule has 108 valence electrons. The van der Waals surface area contributed by atoms with E-state index < -0.39 is 0 Å². The molecule has 0 bridgehead atoms. The van der Waals surface area contributed by atoms with Crippen LogP contribution in [0, 0.1) is 0 Å². The summed E-state index contributed by atoms with van der Waals surface area (Å²) in [7, 11) is 0. The maximum Gasteiger partial charge on any atom is 0.220 e. The summed E-state index contributed by atoms with van der Waals surface area (Å²) < 4.78 is 0. The Labute approximate surface area is 120 Å². The van der Waals surface area contributed by atoms with Gasteiger partial charge in [-0.15, -0.1) is 0 Å². The highest BCUT2D eigenvalue weighted by molar-refractivity contribution is 5.73. The number of likely N-dealkylation sites (tertiary alicyclic amines) is 1. The topological polar surface area (TPSA) is 49.3 Å². The lowest BCUT2D eigenvalue weighted by Crippen LogP contribution is -2.37. The molecule has 20 heavy (non-hydrogen) atoms. The van der Waals surface area contributed by atoms with Crippen molar-refractivity contribution in [3.8, 4) is 0 Å². The first-order valence-electron chi connectivity index (χ1n) is 7.60. The summed E-state index contributed by atoms with van der Waals surface area (Å²) in [6.45, 7) is 4.63. The van der Waals surface area contributed by atoms with Crippen molar-refractivity contribution in [2.24, 2.45) is 0 Å². The average Bonchev–Trinajstić information content (AvgIpc) is 3.01. The van der Waals surface area contributed by atoms with Gasteiger partial charge in [-0.3, -0.25) is 9.78 Å². The summed E-state index contributed by atoms with van der Waals surface area (Å²) in [5.74, 6) is 1.11. The highest BCUT2D eigenvalue weighted by Crippen LogP contribution is 2.30. The molecule has 0 N–H and O–H groups in total. The van der Waals surface area contributed by atoms with Crippen LogP contribution in [0.2, 0.25) is 0 Å². The zero-order valence-electron chi connectivity index (χ0n) is 12.1. The van der Waals surface area contributed by atoms with E-state index in [0.717, 1.165) is 50.4 Å². The standard InChI is InChI=1S/C15H22N4O/c1-12(20)19-9-3-2-6-14(19)13-10-16-11-15(17-13)18-7-4-5-8-18/h10-11,14H,2-9H2,1H3/t14-/m0/s1. The molecule has 5 nitrogen and oxygen atoms in total. The normalized spacial score (nSPS) is 23.1. The van der Waals surface area contributed by atoms with Gasteiger partial charge >= 0.3 is 0 Å². The molecule has 0 radical (unpaired) electrons. The van der Waals surface area contributed by atoms with Crippen molar-refractivity contribution in [2.75, 3.05) is 24.5 Å². The first-order chi connectivity index (χ1) is 9.75. The molecule has 2 fully saturated rings. The third-order valence-electron chi connectivity index (χ3n) is 4.32. The Balaban J connectivity index is 1.84. The molecule has 3 rings (SSSR count). The van der Waals surface area contributed by atoms with Crippen LogP contribution in [0.5, 0.6) is 0 Å². The van der Waals surface area contributed by atoms with E-state index in [1.165, 1.54) is 12.8 Å². The van der Waals surface area contributed by atoms with E-state index in [1.54, 1.807) is 6.92 Å². The third kappa shape index (κ3) is 2.62. The molecular weight excluding hydrogens is 252 g/mol. The van der Waals surface area contributed by atoms with Crippen molar-refractivity contribution >= 4 is 11.7 Å². The minimum absolute atomic E-state index is 0.108. The minimum Gasteiger partial charge on any atom is -0.355 e. The van der Waals surface area contributed by atoms with Crippen molar-refractivity contribution in [1.29, 1.82) is 0 Å². The van der Waals surface area contributed by atoms with E-state index in [9.17, 15) is 4.79 Å². The van der Waals surface area contributed by atoms with E-state index in [-0.39, 0.29) is 11.9 Å². The van der Waals surface area contributed by atoms with Gasteiger partial charge < -0.3 is 9.80 Å². The monoisotopic (exact) mass is 274 g/mol. The molecule has 1 aromatic heterocycles. The van der Waals surface area contributed by atoms with E-state index >= 15 is 0 Å². The van der Waals surface area contributed by atoms with Gasteiger partial charge in [-0.1, -0.05) is 0 Å². The van der Waals surface area contributed by atoms with Gasteiger partial charge in [0.15, 0.2) is 0 Å². The van der Waals surface area contributed by atoms with Gasteiger partial charge in [-0.05, 0) is 32.1 Å². The summed E-state index contributed by atoms with van der Waals surface area (Å²) in [5, 5.41) is 0. The maximum absolute atomic E-state index is 11.8. The van der Waals surface area contributed by atoms with Crippen LogP contribution in [0.3, 0.4) is 0 Å². The van der Waals surface area contributed by atoms with E-state index in [1.807, 2.05) is 17.3 Å². The Hall–Kier alpha value is -1.65. The van der Waals surface area contributed by atoms with E-state index in [0.29, 0.717) is 0 Å². The Morgan fingerprint density at radius 2 is 1.90 bits per heavy atom. The number of rotatable bonds is 2. The van der Waals surface area contributed by atoms with E-state index in [4.69, 9.17) is 4.98 Å². The number of hydrogen-bond acceptors (Lipinski definition) is 4. The number of aromatic nitrogens is 2. The van der Waals surface area contributed by atoms with Crippen molar-refractivity contribution in [3.05, 3.63) is 18.1 Å². The molecule has 3 heterocycles. The number of amides is 1. The molecule has 0 aliphatic carbocycles. The van der Waals surface area contributed by atoms with Gasteiger partial charge in [-0.25, -0.2) is 4.98 Å². The molecule has 1 amide bonds. The van der Waals surface area contributed by atoms with Crippen LogP contribution < -0.4 is 4.90 Å². The SMILES string of the molecule is CC(=O)N1CCCC[C@H]1c1cncc(N2CCCC2)n1. The zero-order chi connectivity index (χ0) is 13.9. The summed E-state index contributed by atoms with van der Waals surface area (Å²) in [5.41, 5.74) is 0.948. The number of anilines is 1. The number of nitrogens with zero attached hydrogens (tertiary/aromatic N) is 4. The Morgan fingerprint density at radius 3 is 2.65 bits per heavy atom. The van der Waals surface area contributed by atoms with Crippen LogP contribution in [0.1, 0.15) is 50.8 Å². The van der Waals surface area contributed by atoms with Gasteiger partial charge in [0.2, 0.25) is 5.91 Å². The molecule has 0 spiro atoms. The van der Waals surface area contributed by atoms with Crippen LogP contribution in [0.15, 0.2) is 12.4 Å². The van der Waals surface area contributed by atoms with Crippen molar-refractivity contribution < 1.29 is 4.79 Å². The second kappa shape index (κ2) is 5.77. The lowest BCUT2D eigenvalue weighted by Gasteiger charge is -2.34. The summed E-state index contributed by atoms with van der Waals surface area (Å²) in [6, 6.07) is 0.108. The molecule has 5 heteroatoms. The summed E-state index contributed by atoms with van der Waals surface area (Å²) in [4.78, 5) is 25.2. The van der Waals surface area contributed by atoms with Crippen LogP contribution in [0.25, 0.3) is 0 Å². The molecule has 2 saturated heterocycles. The third-order valence-corrected chi connectivity index (χ3v) is 4.32. The van der Waals surface area contributed by atoms with Crippen molar-refractivity contribution in [3.63, 3.8) is 0 Å². The van der Waals surface area contributed by atoms with Crippen LogP contribution in [-0.2, 0) is 4.79 Å². The second-order valence-corrected chi connectivity index (χ2v) is 5.72. The fourth-order valence-corrected chi connectivity index (χ4v) is 3.25. The van der Waals surface area contributed by atoms with Gasteiger partial charge in [0.05, 0.1) is 24.1 Å². The fourth-order valence-electron chi connectivity index (χ4n) is 3.25. The van der Waals surface area contributed by atoms with Crippen LogP contribution in [0.4, 0.5) is 5.82 Å². The van der Waals surface area contributed by atoms with Gasteiger partial charge in [0.1, 0.15) is 5.82 Å². The largest absolute Gasteiger partial charge is 0.355 e. The molecule has 1 atom stereocenters. The van der Waals surface area contributed by atoms with E-state index in [2.05, 4.69) is 9.88 Å². The molecule has 0 aromatic carbocycles. The quantitative estimate of drug-likeness (QED) is 0.829. The highest BCUT2D eigenvalue weighted by Gasteiger charge is 2.27. The van der Waals surface area contributed by atoms with Crippen LogP contribution in [-0.4, -0.2) is 40.4 Å². The second-order valence-electron chi connectivity index (χ2n) is 5.72. The molecular formula is C15H22N4O. The smallest absolute Gasteiger partial charge is 0.220 e. The number of hydrogen-bond donors (Lipinski definition) is 0. The highest BCUT2D eigenvalue weighted by atomic mass is 16.2. The van der Waals surface area contributed by atoms with Gasteiger partial charge in [0, 0.05) is 26.6 Å². The Kier molecular flexibility index (Phi) is 3.85. The predicted octanol–water partition coefficient (Wildman–Crippen LogP) is 2.15. The zero-order valence-corrected chi connectivity index (χ0v) is 12.1. The molecule has 0 unspecified atom stereocenters. The maximum atomic E-state index is 11.8. The van der Waals surface area contributed by atoms with Crippen LogP contribution >= 0.6 is 0 Å². The first kappa shape index (κ1) is 13.3. The van der Waals surface area contributed by atoms with Crippen molar-refractivity contribution in [2.45, 2.75) is 45.1 Å². The summed E-state index contributed by atoms with van der Waals surface area (Å²) >= 11 is 0. The first-order valence-corrected chi connectivity index (χ1v) is 7.60. The molecule has 1 aromatic rings. The number of piperidine rings is 1. The average molecular weight is 274 g/mol. The molecule has 0 saturated carbocycles. The molecule has 2 aliphatic heterocycles. The van der Waals surface area contributed by atoms with Crippen molar-refractivity contribution in [1.82, 2.24) is 14.9 Å². The molecule has 2 aliphatic rings. The number of carbonyl (C=O) groups is 1. The summed E-state index contributed by atoms with van der Waals surface area (Å²) in [6.07, 6.45) is 9.38. The Morgan fingerprint density at radius 1 is 1.15 bits per heavy atom. The predicted molar refractivity (Wildman–Crippen MR) is 77.5 cm³/mol.